The molecule has 12 heterocycles. The van der Waals surface area contributed by atoms with Crippen LogP contribution < -0.4 is 18.3 Å². The third-order valence-electron chi connectivity index (χ3n) is 22.8. The molecule has 0 fully saturated rings. The highest BCUT2D eigenvalue weighted by Crippen LogP contribution is 2.43. The van der Waals surface area contributed by atoms with E-state index in [1.807, 2.05) is 52.0 Å². The van der Waals surface area contributed by atoms with Gasteiger partial charge in [-0.2, -0.15) is 9.13 Å². The maximum Gasteiger partial charge on any atom is 0.227 e. The molecule has 0 atom stereocenters. The van der Waals surface area contributed by atoms with Gasteiger partial charge in [0.2, 0.25) is 56.7 Å². The zero-order chi connectivity index (χ0) is 78.6. The van der Waals surface area contributed by atoms with Crippen LogP contribution in [0.4, 0.5) is 0 Å². The van der Waals surface area contributed by atoms with Crippen molar-refractivity contribution in [2.45, 2.75) is 109 Å². The van der Waals surface area contributed by atoms with Crippen LogP contribution in [0.2, 0.25) is 0 Å². The van der Waals surface area contributed by atoms with E-state index in [1.165, 1.54) is 88.0 Å². The van der Waals surface area contributed by atoms with Crippen molar-refractivity contribution < 1.29 is 35.9 Å². The minimum Gasteiger partial charge on any atom is -0.437 e. The Hall–Kier alpha value is -12.8. The second-order valence-corrected chi connectivity index (χ2v) is 32.1. The third-order valence-corrected chi connectivity index (χ3v) is 22.8. The summed E-state index contributed by atoms with van der Waals surface area (Å²) in [5, 5.41) is 16.3. The minimum atomic E-state index is 0.243. The highest BCUT2D eigenvalue weighted by atomic mass is 16.4. The van der Waals surface area contributed by atoms with Crippen molar-refractivity contribution in [2.75, 3.05) is 0 Å². The number of pyridine rings is 8. The maximum absolute atomic E-state index is 6.33. The van der Waals surface area contributed by atoms with Gasteiger partial charge in [-0.05, 0) is 209 Å². The third kappa shape index (κ3) is 13.1. The zero-order valence-corrected chi connectivity index (χ0v) is 67.7. The molecule has 0 aliphatic rings. The molecule has 12 aromatic heterocycles. The predicted molar refractivity (Wildman–Crippen MR) is 462 cm³/mol. The summed E-state index contributed by atoms with van der Waals surface area (Å²) in [5.41, 5.74) is 31.1. The van der Waals surface area contributed by atoms with Crippen LogP contribution >= 0.6 is 0 Å². The lowest BCUT2D eigenvalue weighted by molar-refractivity contribution is -0.659. The minimum absolute atomic E-state index is 0.243. The standard InChI is InChI=1S/C28H29N2O.C26H25N2O.C24H21N2O.C23H19N2O/c1-17-10-12-21-22-13-11-18(2)29-27(22)31-26(21)25(17)24-15-14-20-19(16-28(3,4)5)8-7-9-23(20)30(24)6;1-5-7-18-8-6-9-22-19(18)14-15-23(28(22)4)24-16(2)10-12-20-21-13-11-17(3)27-26(21)29-25(20)24;1-14-11-20-19-10-9-15(2)25-24(19)27-23(20)22(16(14)3)21-12-17-7-5-6-8-18(17)13-26(21)4;1-14-8-10-18-19-11-9-15(2)24-23(19)26-22(18)20(14)21-17-7-5-4-6-16(17)12-13-25(21)3/h7-15H,16H2,1-6H3;6,8-15H,5,7H2,1-4H3;5-13H,1-4H3;4-13H,1-3H3/q4*+1. The Balaban J connectivity index is 0.000000109. The molecule has 8 aromatic carbocycles. The lowest BCUT2D eigenvalue weighted by atomic mass is 9.86. The van der Waals surface area contributed by atoms with Gasteiger partial charge in [-0.3, -0.25) is 0 Å². The summed E-state index contributed by atoms with van der Waals surface area (Å²) in [5.74, 6) is 0. The van der Waals surface area contributed by atoms with E-state index in [0.29, 0.717) is 22.9 Å². The molecule has 0 radical (unpaired) electrons. The molecule has 12 heteroatoms. The Labute approximate surface area is 657 Å². The Morgan fingerprint density at radius 3 is 1.24 bits per heavy atom. The van der Waals surface area contributed by atoms with Crippen molar-refractivity contribution in [1.29, 1.82) is 0 Å². The van der Waals surface area contributed by atoms with Gasteiger partial charge in [-0.25, -0.2) is 29.1 Å². The molecule has 0 bridgehead atoms. The maximum atomic E-state index is 6.33. The SMILES string of the molecule is CCCc1cccc2c1ccc(-c1c(C)ccc3c1oc1nc(C)ccc13)[n+]2C.Cc1ccc2c(n1)oc1c(-c3c4ccccc4cc[n+]3C)c(C)ccc12.Cc1ccc2c(n1)oc1c(-c3cc4ccccc4c[n+]3C)c(C)c(C)cc12.Cc1ccc2c(n1)oc1c(-c3ccc4c(CC(C)(C)C)cccc4[n+]3C)c(C)ccc12. The molecule has 558 valence electrons. The van der Waals surface area contributed by atoms with Gasteiger partial charge in [-0.15, -0.1) is 0 Å². The molecule has 0 saturated carbocycles. The van der Waals surface area contributed by atoms with E-state index >= 15 is 0 Å². The molecule has 20 aromatic rings. The average Bonchev–Trinajstić information content (AvgIpc) is 1.74. The van der Waals surface area contributed by atoms with Crippen molar-refractivity contribution in [3.05, 3.63) is 286 Å². The monoisotopic (exact) mass is 1480 g/mol. The Morgan fingerprint density at radius 2 is 0.743 bits per heavy atom. The average molecular weight is 1480 g/mol. The van der Waals surface area contributed by atoms with Crippen LogP contribution in [-0.2, 0) is 41.0 Å². The van der Waals surface area contributed by atoms with Crippen molar-refractivity contribution in [2.24, 2.45) is 33.6 Å². The van der Waals surface area contributed by atoms with E-state index in [4.69, 9.17) is 17.7 Å². The lowest BCUT2D eigenvalue weighted by Gasteiger charge is -2.19. The number of nitrogens with zero attached hydrogens (tertiary/aromatic N) is 8. The normalized spacial score (nSPS) is 11.9. The van der Waals surface area contributed by atoms with Crippen LogP contribution in [0, 0.1) is 67.7 Å². The van der Waals surface area contributed by atoms with Crippen molar-refractivity contribution in [1.82, 2.24) is 19.9 Å². The van der Waals surface area contributed by atoms with Crippen LogP contribution in [0.3, 0.4) is 0 Å². The van der Waals surface area contributed by atoms with E-state index in [0.717, 1.165) is 147 Å². The number of fused-ring (bicyclic) bond motifs is 16. The van der Waals surface area contributed by atoms with Crippen molar-refractivity contribution in [3.63, 3.8) is 0 Å². The summed E-state index contributed by atoms with van der Waals surface area (Å²) in [6.45, 7) is 27.9. The van der Waals surface area contributed by atoms with Crippen LogP contribution in [0.1, 0.15) is 95.8 Å². The van der Waals surface area contributed by atoms with Gasteiger partial charge in [0.05, 0.1) is 27.6 Å². The number of aromatic nitrogens is 8. The fourth-order valence-corrected chi connectivity index (χ4v) is 16.9. The molecule has 0 unspecified atom stereocenters. The number of benzene rings is 8. The Kier molecular flexibility index (Phi) is 18.6. The first kappa shape index (κ1) is 73.0. The summed E-state index contributed by atoms with van der Waals surface area (Å²) in [7, 11) is 8.49. The number of hydrogen-bond acceptors (Lipinski definition) is 8. The molecule has 0 aliphatic carbocycles. The van der Waals surface area contributed by atoms with Gasteiger partial charge in [-0.1, -0.05) is 131 Å². The number of rotatable bonds is 7. The predicted octanol–water partition coefficient (Wildman–Crippen LogP) is 23.8. The van der Waals surface area contributed by atoms with Gasteiger partial charge in [0, 0.05) is 118 Å². The Morgan fingerprint density at radius 1 is 0.327 bits per heavy atom. The first-order valence-electron chi connectivity index (χ1n) is 39.2. The first-order valence-corrected chi connectivity index (χ1v) is 39.2. The van der Waals surface area contributed by atoms with E-state index in [1.54, 1.807) is 0 Å². The van der Waals surface area contributed by atoms with Gasteiger partial charge < -0.3 is 17.7 Å². The second-order valence-electron chi connectivity index (χ2n) is 32.1. The highest BCUT2D eigenvalue weighted by molar-refractivity contribution is 6.13. The molecule has 20 rings (SSSR count). The van der Waals surface area contributed by atoms with E-state index in [9.17, 15) is 0 Å². The molecule has 113 heavy (non-hydrogen) atoms. The topological polar surface area (TPSA) is 120 Å². The van der Waals surface area contributed by atoms with E-state index in [-0.39, 0.29) is 5.41 Å². The summed E-state index contributed by atoms with van der Waals surface area (Å²) >= 11 is 0. The molecule has 0 aliphatic heterocycles. The Bertz CT molecular complexity index is 7270. The van der Waals surface area contributed by atoms with Crippen molar-refractivity contribution in [3.8, 4) is 45.0 Å². The van der Waals surface area contributed by atoms with Gasteiger partial charge >= 0.3 is 0 Å². The van der Waals surface area contributed by atoms with Crippen LogP contribution in [0.15, 0.2) is 242 Å². The van der Waals surface area contributed by atoms with Crippen LogP contribution in [0.25, 0.3) is 177 Å². The summed E-state index contributed by atoms with van der Waals surface area (Å²) in [4.78, 5) is 18.4. The second kappa shape index (κ2) is 28.8. The smallest absolute Gasteiger partial charge is 0.227 e. The van der Waals surface area contributed by atoms with E-state index < -0.39 is 0 Å². The van der Waals surface area contributed by atoms with Gasteiger partial charge in [0.15, 0.2) is 34.7 Å². The first-order chi connectivity index (χ1) is 54.5. The number of furan rings is 4. The number of hydrogen-bond donors (Lipinski definition) is 0. The summed E-state index contributed by atoms with van der Waals surface area (Å²) in [6.07, 6.45) is 7.59. The molecule has 0 amide bonds. The zero-order valence-electron chi connectivity index (χ0n) is 67.7. The summed E-state index contributed by atoms with van der Waals surface area (Å²) in [6, 6.07) is 75.4. The largest absolute Gasteiger partial charge is 0.437 e. The quantitative estimate of drug-likeness (QED) is 0.145. The number of aryl methyl sites for hydroxylation is 13. The van der Waals surface area contributed by atoms with Gasteiger partial charge in [0.25, 0.3) is 0 Å². The molecule has 0 saturated heterocycles. The molecular weight excluding hydrogens is 1390 g/mol. The lowest BCUT2D eigenvalue weighted by Crippen LogP contribution is -2.32. The summed E-state index contributed by atoms with van der Waals surface area (Å²) < 4.78 is 34.2. The van der Waals surface area contributed by atoms with Crippen LogP contribution in [0.5, 0.6) is 0 Å². The van der Waals surface area contributed by atoms with Crippen molar-refractivity contribution >= 4 is 132 Å². The highest BCUT2D eigenvalue weighted by Gasteiger charge is 2.29. The van der Waals surface area contributed by atoms with Crippen LogP contribution in [-0.4, -0.2) is 19.9 Å². The molecule has 0 spiro atoms. The fraction of sp³-hybridized carbons (Fsp3) is 0.208. The fourth-order valence-electron chi connectivity index (χ4n) is 16.9. The molecular formula is C101H94N8O4+4. The van der Waals surface area contributed by atoms with Gasteiger partial charge in [0.1, 0.15) is 28.2 Å². The van der Waals surface area contributed by atoms with E-state index in [2.05, 4.69) is 329 Å². The molecule has 12 nitrogen and oxygen atoms in total. The molecule has 0 N–H and O–H groups in total.